The minimum Gasteiger partial charge on any atom is -0.508 e. The fourth-order valence-corrected chi connectivity index (χ4v) is 5.25. The number of amides is 1. The second-order valence-electron chi connectivity index (χ2n) is 8.82. The van der Waals surface area contributed by atoms with Crippen LogP contribution < -0.4 is 0 Å². The van der Waals surface area contributed by atoms with E-state index in [4.69, 9.17) is 4.74 Å². The summed E-state index contributed by atoms with van der Waals surface area (Å²) >= 11 is 0. The molecule has 4 rings (SSSR count). The highest BCUT2D eigenvalue weighted by atomic mass is 16.5. The van der Waals surface area contributed by atoms with Crippen LogP contribution in [0.5, 0.6) is 5.75 Å². The van der Waals surface area contributed by atoms with Gasteiger partial charge in [0.1, 0.15) is 5.75 Å². The van der Waals surface area contributed by atoms with Crippen molar-refractivity contribution in [1.82, 2.24) is 9.80 Å². The molecule has 1 aromatic carbocycles. The van der Waals surface area contributed by atoms with E-state index in [1.165, 1.54) is 0 Å². The van der Waals surface area contributed by atoms with E-state index in [0.717, 1.165) is 71.5 Å². The highest BCUT2D eigenvalue weighted by Gasteiger charge is 2.43. The zero-order valence-corrected chi connectivity index (χ0v) is 16.6. The van der Waals surface area contributed by atoms with Crippen LogP contribution in [0.2, 0.25) is 0 Å². The molecule has 28 heavy (non-hydrogen) atoms. The zero-order chi connectivity index (χ0) is 19.6. The van der Waals surface area contributed by atoms with Crippen molar-refractivity contribution >= 4 is 5.91 Å². The Labute approximate surface area is 167 Å². The van der Waals surface area contributed by atoms with Gasteiger partial charge < -0.3 is 19.8 Å². The molecule has 1 atom stereocenters. The Balaban J connectivity index is 1.35. The Morgan fingerprint density at radius 2 is 1.89 bits per heavy atom. The molecule has 6 heteroatoms. The van der Waals surface area contributed by atoms with Crippen molar-refractivity contribution in [2.75, 3.05) is 39.4 Å². The summed E-state index contributed by atoms with van der Waals surface area (Å²) in [5.41, 5.74) is 0.799. The van der Waals surface area contributed by atoms with E-state index in [1.807, 2.05) is 17.0 Å². The summed E-state index contributed by atoms with van der Waals surface area (Å²) in [4.78, 5) is 17.1. The lowest BCUT2D eigenvalue weighted by Gasteiger charge is -2.51. The minimum atomic E-state index is -0.278. The van der Waals surface area contributed by atoms with Crippen molar-refractivity contribution in [2.24, 2.45) is 5.41 Å². The highest BCUT2D eigenvalue weighted by Crippen LogP contribution is 2.41. The third-order valence-electron chi connectivity index (χ3n) is 6.87. The van der Waals surface area contributed by atoms with E-state index in [2.05, 4.69) is 4.90 Å². The van der Waals surface area contributed by atoms with Crippen LogP contribution in [0.4, 0.5) is 0 Å². The van der Waals surface area contributed by atoms with Crippen molar-refractivity contribution in [1.29, 1.82) is 0 Å². The molecule has 6 nitrogen and oxygen atoms in total. The number of aliphatic hydroxyl groups is 1. The highest BCUT2D eigenvalue weighted by molar-refractivity contribution is 5.79. The zero-order valence-electron chi connectivity index (χ0n) is 16.6. The summed E-state index contributed by atoms with van der Waals surface area (Å²) in [7, 11) is 0. The molecule has 0 bridgehead atoms. The molecule has 1 unspecified atom stereocenters. The fourth-order valence-electron chi connectivity index (χ4n) is 5.25. The molecule has 3 fully saturated rings. The van der Waals surface area contributed by atoms with Crippen molar-refractivity contribution < 1.29 is 19.7 Å². The number of benzene rings is 1. The standard InChI is InChI=1S/C22H32N2O4/c25-19-14-22(16-24(15-19)18-5-11-28-12-6-18)7-9-23(10-8-22)21(27)13-17-3-1-2-4-20(17)26/h1-4,18-19,25-26H,5-16H2. The molecule has 3 saturated heterocycles. The maximum atomic E-state index is 12.7. The summed E-state index contributed by atoms with van der Waals surface area (Å²) in [6, 6.07) is 7.57. The number of nitrogens with zero attached hydrogens (tertiary/aromatic N) is 2. The van der Waals surface area contributed by atoms with Gasteiger partial charge in [-0.2, -0.15) is 0 Å². The number of carbonyl (C=O) groups is 1. The summed E-state index contributed by atoms with van der Waals surface area (Å²) < 4.78 is 5.50. The van der Waals surface area contributed by atoms with Crippen LogP contribution in [0.1, 0.15) is 37.7 Å². The topological polar surface area (TPSA) is 73.2 Å². The number of β-amino-alcohol motifs (C(OH)–C–C–N with tert-alkyl or cyclic N) is 1. The van der Waals surface area contributed by atoms with Gasteiger partial charge in [0.05, 0.1) is 12.5 Å². The van der Waals surface area contributed by atoms with E-state index >= 15 is 0 Å². The molecule has 2 N–H and O–H groups in total. The first kappa shape index (κ1) is 19.7. The van der Waals surface area contributed by atoms with Gasteiger partial charge in [0.25, 0.3) is 0 Å². The van der Waals surface area contributed by atoms with E-state index in [0.29, 0.717) is 11.6 Å². The summed E-state index contributed by atoms with van der Waals surface area (Å²) in [6.45, 7) is 4.90. The van der Waals surface area contributed by atoms with E-state index in [1.54, 1.807) is 12.1 Å². The van der Waals surface area contributed by atoms with E-state index in [-0.39, 0.29) is 29.6 Å². The Morgan fingerprint density at radius 1 is 1.18 bits per heavy atom. The number of carbonyl (C=O) groups excluding carboxylic acids is 1. The quantitative estimate of drug-likeness (QED) is 0.826. The number of aliphatic hydroxyl groups excluding tert-OH is 1. The van der Waals surface area contributed by atoms with Gasteiger partial charge in [-0.1, -0.05) is 18.2 Å². The molecule has 1 spiro atoms. The van der Waals surface area contributed by atoms with E-state index < -0.39 is 0 Å². The van der Waals surface area contributed by atoms with Crippen LogP contribution >= 0.6 is 0 Å². The number of piperidine rings is 2. The average Bonchev–Trinajstić information content (AvgIpc) is 2.70. The normalized spacial score (nSPS) is 26.5. The predicted molar refractivity (Wildman–Crippen MR) is 106 cm³/mol. The number of phenolic OH excluding ortho intramolecular Hbond substituents is 1. The monoisotopic (exact) mass is 388 g/mol. The molecule has 3 aliphatic rings. The summed E-state index contributed by atoms with van der Waals surface area (Å²) in [6.07, 6.45) is 4.79. The molecule has 154 valence electrons. The SMILES string of the molecule is O=C(Cc1ccccc1O)N1CCC2(CC1)CC(O)CN(C1CCOCC1)C2. The molecule has 0 aliphatic carbocycles. The number of aromatic hydroxyl groups is 1. The number of phenols is 1. The lowest BCUT2D eigenvalue weighted by Crippen LogP contribution is -2.57. The second-order valence-corrected chi connectivity index (χ2v) is 8.82. The van der Waals surface area contributed by atoms with Crippen LogP contribution in [0.15, 0.2) is 24.3 Å². The van der Waals surface area contributed by atoms with Crippen LogP contribution in [0, 0.1) is 5.41 Å². The first-order valence-corrected chi connectivity index (χ1v) is 10.6. The van der Waals surface area contributed by atoms with Crippen molar-refractivity contribution in [2.45, 2.75) is 50.7 Å². The molecule has 1 aromatic rings. The molecule has 0 saturated carbocycles. The van der Waals surface area contributed by atoms with E-state index in [9.17, 15) is 15.0 Å². The molecular formula is C22H32N2O4. The molecule has 0 aromatic heterocycles. The first-order chi connectivity index (χ1) is 13.5. The maximum Gasteiger partial charge on any atom is 0.227 e. The Bertz CT molecular complexity index is 681. The van der Waals surface area contributed by atoms with Crippen molar-refractivity contribution in [3.63, 3.8) is 0 Å². The molecule has 0 radical (unpaired) electrons. The molecule has 1 amide bonds. The van der Waals surface area contributed by atoms with Crippen LogP contribution in [0.25, 0.3) is 0 Å². The number of hydrogen-bond donors (Lipinski definition) is 2. The summed E-state index contributed by atoms with van der Waals surface area (Å²) in [5.74, 6) is 0.265. The van der Waals surface area contributed by atoms with Crippen LogP contribution in [0.3, 0.4) is 0 Å². The number of likely N-dealkylation sites (tertiary alicyclic amines) is 2. The van der Waals surface area contributed by atoms with Gasteiger partial charge in [0, 0.05) is 51.0 Å². The molecular weight excluding hydrogens is 356 g/mol. The fraction of sp³-hybridized carbons (Fsp3) is 0.682. The van der Waals surface area contributed by atoms with Crippen LogP contribution in [-0.2, 0) is 16.0 Å². The van der Waals surface area contributed by atoms with Gasteiger partial charge in [-0.15, -0.1) is 0 Å². The van der Waals surface area contributed by atoms with Crippen molar-refractivity contribution in [3.8, 4) is 5.75 Å². The largest absolute Gasteiger partial charge is 0.508 e. The number of ether oxygens (including phenoxy) is 1. The first-order valence-electron chi connectivity index (χ1n) is 10.6. The van der Waals surface area contributed by atoms with Gasteiger partial charge >= 0.3 is 0 Å². The maximum absolute atomic E-state index is 12.7. The van der Waals surface area contributed by atoms with Gasteiger partial charge in [-0.25, -0.2) is 0 Å². The van der Waals surface area contributed by atoms with Gasteiger partial charge in [0.15, 0.2) is 0 Å². The Kier molecular flexibility index (Phi) is 5.90. The van der Waals surface area contributed by atoms with Gasteiger partial charge in [-0.05, 0) is 43.6 Å². The third-order valence-corrected chi connectivity index (χ3v) is 6.87. The lowest BCUT2D eigenvalue weighted by atomic mass is 9.71. The number of para-hydroxylation sites is 1. The predicted octanol–water partition coefficient (Wildman–Crippen LogP) is 1.79. The Morgan fingerprint density at radius 3 is 2.61 bits per heavy atom. The summed E-state index contributed by atoms with van der Waals surface area (Å²) in [5, 5.41) is 20.5. The number of hydrogen-bond acceptors (Lipinski definition) is 5. The van der Waals surface area contributed by atoms with Gasteiger partial charge in [-0.3, -0.25) is 9.69 Å². The van der Waals surface area contributed by atoms with Gasteiger partial charge in [0.2, 0.25) is 5.91 Å². The lowest BCUT2D eigenvalue weighted by molar-refractivity contribution is -0.135. The molecule has 3 aliphatic heterocycles. The second kappa shape index (κ2) is 8.39. The minimum absolute atomic E-state index is 0.0778. The third kappa shape index (κ3) is 4.34. The molecule has 3 heterocycles. The Hall–Kier alpha value is -1.63. The van der Waals surface area contributed by atoms with Crippen molar-refractivity contribution in [3.05, 3.63) is 29.8 Å². The van der Waals surface area contributed by atoms with Crippen LogP contribution in [-0.4, -0.2) is 77.5 Å². The average molecular weight is 389 g/mol. The number of rotatable bonds is 3. The smallest absolute Gasteiger partial charge is 0.227 e.